The zero-order chi connectivity index (χ0) is 12.8. The van der Waals surface area contributed by atoms with Gasteiger partial charge >= 0.3 is 0 Å². The fraction of sp³-hybridized carbons (Fsp3) is 0.111. The van der Waals surface area contributed by atoms with E-state index in [-0.39, 0.29) is 0 Å². The minimum atomic E-state index is 1.06. The minimum Gasteiger partial charge on any atom is -0.141 e. The molecular weight excluding hydrogens is 248 g/mol. The molecule has 1 heterocycles. The summed E-state index contributed by atoms with van der Waals surface area (Å²) in [6.45, 7) is 2.17. The Hall–Kier alpha value is -1.86. The lowest BCUT2D eigenvalue weighted by Crippen LogP contribution is -1.87. The number of hydrogen-bond donors (Lipinski definition) is 0. The van der Waals surface area contributed by atoms with Gasteiger partial charge in [0, 0.05) is 9.75 Å². The molecule has 0 nitrogen and oxygen atoms in total. The summed E-state index contributed by atoms with van der Waals surface area (Å²) in [6, 6.07) is 17.7. The highest BCUT2D eigenvalue weighted by Gasteiger charge is 2.19. The molecule has 1 aliphatic carbocycles. The average Bonchev–Trinajstić information content (AvgIpc) is 3.04. The van der Waals surface area contributed by atoms with Gasteiger partial charge in [-0.1, -0.05) is 42.5 Å². The van der Waals surface area contributed by atoms with Gasteiger partial charge < -0.3 is 0 Å². The third-order valence-corrected chi connectivity index (χ3v) is 4.85. The van der Waals surface area contributed by atoms with Crippen molar-refractivity contribution in [3.8, 4) is 0 Å². The largest absolute Gasteiger partial charge is 0.141 e. The lowest BCUT2D eigenvalue weighted by atomic mass is 9.97. The van der Waals surface area contributed by atoms with Gasteiger partial charge in [-0.15, -0.1) is 11.3 Å². The van der Waals surface area contributed by atoms with Gasteiger partial charge in [0.2, 0.25) is 0 Å². The average molecular weight is 262 g/mol. The Bertz CT molecular complexity index is 805. The quantitative estimate of drug-likeness (QED) is 0.565. The number of hydrogen-bond acceptors (Lipinski definition) is 1. The second kappa shape index (κ2) is 4.07. The van der Waals surface area contributed by atoms with Crippen LogP contribution in [0.4, 0.5) is 0 Å². The molecule has 0 amide bonds. The van der Waals surface area contributed by atoms with E-state index < -0.39 is 0 Å². The predicted molar refractivity (Wildman–Crippen MR) is 83.8 cm³/mol. The number of allylic oxidation sites excluding steroid dienone is 1. The Labute approximate surface area is 117 Å². The third-order valence-electron chi connectivity index (χ3n) is 3.82. The van der Waals surface area contributed by atoms with E-state index in [4.69, 9.17) is 0 Å². The van der Waals surface area contributed by atoms with E-state index in [9.17, 15) is 0 Å². The van der Waals surface area contributed by atoms with Crippen molar-refractivity contribution in [1.82, 2.24) is 0 Å². The van der Waals surface area contributed by atoms with Crippen LogP contribution in [-0.4, -0.2) is 0 Å². The van der Waals surface area contributed by atoms with Crippen LogP contribution in [0.1, 0.15) is 20.9 Å². The maximum Gasteiger partial charge on any atom is 0.0348 e. The fourth-order valence-corrected chi connectivity index (χ4v) is 3.84. The Morgan fingerprint density at radius 1 is 0.947 bits per heavy atom. The SMILES string of the molecule is Cc1ccc(C2=CCc3ccc4ccccc4c32)s1. The van der Waals surface area contributed by atoms with Crippen molar-refractivity contribution in [2.75, 3.05) is 0 Å². The minimum absolute atomic E-state index is 1.06. The van der Waals surface area contributed by atoms with E-state index in [1.165, 1.54) is 37.2 Å². The lowest BCUT2D eigenvalue weighted by Gasteiger charge is -2.09. The van der Waals surface area contributed by atoms with Gasteiger partial charge in [-0.3, -0.25) is 0 Å². The van der Waals surface area contributed by atoms with E-state index in [0.29, 0.717) is 0 Å². The summed E-state index contributed by atoms with van der Waals surface area (Å²) in [6.07, 6.45) is 3.44. The Kier molecular flexibility index (Phi) is 2.36. The molecule has 0 aliphatic heterocycles. The molecule has 0 unspecified atom stereocenters. The second-order valence-corrected chi connectivity index (χ2v) is 6.34. The molecule has 0 atom stereocenters. The van der Waals surface area contributed by atoms with Crippen molar-refractivity contribution in [2.45, 2.75) is 13.3 Å². The van der Waals surface area contributed by atoms with E-state index in [1.807, 2.05) is 11.3 Å². The molecule has 4 rings (SSSR count). The maximum absolute atomic E-state index is 2.38. The first kappa shape index (κ1) is 11.0. The van der Waals surface area contributed by atoms with E-state index >= 15 is 0 Å². The Morgan fingerprint density at radius 3 is 2.68 bits per heavy atom. The van der Waals surface area contributed by atoms with Gasteiger partial charge in [-0.05, 0) is 52.9 Å². The summed E-state index contributed by atoms with van der Waals surface area (Å²) in [5.41, 5.74) is 4.32. The predicted octanol–water partition coefficient (Wildman–Crippen LogP) is 5.20. The molecule has 0 N–H and O–H groups in total. The number of rotatable bonds is 1. The van der Waals surface area contributed by atoms with Crippen LogP contribution in [0, 0.1) is 6.92 Å². The summed E-state index contributed by atoms with van der Waals surface area (Å²) in [5, 5.41) is 2.72. The van der Waals surface area contributed by atoms with Crippen LogP contribution in [0.15, 0.2) is 54.6 Å². The highest BCUT2D eigenvalue weighted by Crippen LogP contribution is 2.39. The highest BCUT2D eigenvalue weighted by atomic mass is 32.1. The highest BCUT2D eigenvalue weighted by molar-refractivity contribution is 7.13. The smallest absolute Gasteiger partial charge is 0.0348 e. The first-order chi connectivity index (χ1) is 9.33. The Balaban J connectivity index is 2.00. The van der Waals surface area contributed by atoms with Crippen LogP contribution in [0.3, 0.4) is 0 Å². The lowest BCUT2D eigenvalue weighted by molar-refractivity contribution is 1.32. The van der Waals surface area contributed by atoms with Gasteiger partial charge in [0.05, 0.1) is 0 Å². The van der Waals surface area contributed by atoms with Gasteiger partial charge in [0.1, 0.15) is 0 Å². The molecular formula is C18H14S. The molecule has 1 aliphatic rings. The van der Waals surface area contributed by atoms with Crippen molar-refractivity contribution in [1.29, 1.82) is 0 Å². The summed E-state index contributed by atoms with van der Waals surface area (Å²) in [4.78, 5) is 2.78. The summed E-state index contributed by atoms with van der Waals surface area (Å²) in [7, 11) is 0. The number of fused-ring (bicyclic) bond motifs is 3. The number of aryl methyl sites for hydroxylation is 1. The van der Waals surface area contributed by atoms with Crippen LogP contribution in [0.2, 0.25) is 0 Å². The molecule has 19 heavy (non-hydrogen) atoms. The van der Waals surface area contributed by atoms with Gasteiger partial charge in [-0.2, -0.15) is 0 Å². The van der Waals surface area contributed by atoms with Gasteiger partial charge in [-0.25, -0.2) is 0 Å². The van der Waals surface area contributed by atoms with E-state index in [0.717, 1.165) is 6.42 Å². The number of thiophene rings is 1. The molecule has 0 spiro atoms. The van der Waals surface area contributed by atoms with Crippen LogP contribution in [-0.2, 0) is 6.42 Å². The standard InChI is InChI=1S/C18H14S/c1-12-6-11-17(19-12)16-10-9-14-8-7-13-4-2-3-5-15(13)18(14)16/h2-8,10-11H,9H2,1H3. The molecule has 1 aromatic heterocycles. The molecule has 1 heteroatoms. The first-order valence-electron chi connectivity index (χ1n) is 6.61. The fourth-order valence-electron chi connectivity index (χ4n) is 2.92. The zero-order valence-corrected chi connectivity index (χ0v) is 11.6. The van der Waals surface area contributed by atoms with Crippen LogP contribution >= 0.6 is 11.3 Å². The zero-order valence-electron chi connectivity index (χ0n) is 10.8. The Morgan fingerprint density at radius 2 is 1.84 bits per heavy atom. The van der Waals surface area contributed by atoms with Crippen molar-refractivity contribution in [2.24, 2.45) is 0 Å². The normalized spacial score (nSPS) is 13.6. The number of benzene rings is 2. The van der Waals surface area contributed by atoms with Crippen molar-refractivity contribution in [3.63, 3.8) is 0 Å². The van der Waals surface area contributed by atoms with Crippen molar-refractivity contribution >= 4 is 27.7 Å². The van der Waals surface area contributed by atoms with Gasteiger partial charge in [0.15, 0.2) is 0 Å². The monoisotopic (exact) mass is 262 g/mol. The third kappa shape index (κ3) is 1.66. The molecule has 92 valence electrons. The van der Waals surface area contributed by atoms with Gasteiger partial charge in [0.25, 0.3) is 0 Å². The van der Waals surface area contributed by atoms with Crippen LogP contribution in [0.5, 0.6) is 0 Å². The van der Waals surface area contributed by atoms with Crippen LogP contribution in [0.25, 0.3) is 16.3 Å². The van der Waals surface area contributed by atoms with E-state index in [2.05, 4.69) is 61.5 Å². The molecule has 0 radical (unpaired) electrons. The maximum atomic E-state index is 2.38. The molecule has 0 saturated heterocycles. The molecule has 0 bridgehead atoms. The first-order valence-corrected chi connectivity index (χ1v) is 7.42. The van der Waals surface area contributed by atoms with Crippen molar-refractivity contribution in [3.05, 3.63) is 75.5 Å². The molecule has 0 saturated carbocycles. The van der Waals surface area contributed by atoms with Crippen LogP contribution < -0.4 is 0 Å². The summed E-state index contributed by atoms with van der Waals surface area (Å²) >= 11 is 1.89. The summed E-state index contributed by atoms with van der Waals surface area (Å²) in [5.74, 6) is 0. The molecule has 3 aromatic rings. The van der Waals surface area contributed by atoms with E-state index in [1.54, 1.807) is 0 Å². The summed E-state index contributed by atoms with van der Waals surface area (Å²) < 4.78 is 0. The topological polar surface area (TPSA) is 0 Å². The second-order valence-electron chi connectivity index (χ2n) is 5.05. The molecule has 0 fully saturated rings. The molecule has 2 aromatic carbocycles. The van der Waals surface area contributed by atoms with Crippen molar-refractivity contribution < 1.29 is 0 Å².